The quantitative estimate of drug-likeness (QED) is 0.812. The molecule has 1 saturated carbocycles. The standard InChI is InChI=1S/C16H30N2O2/c1-5-16(4)13(11-14(16)20-6-2)17-12(3)15(19)18-9-7-8-10-18/h12-14,17H,5-11H2,1-4H3. The van der Waals surface area contributed by atoms with Crippen molar-refractivity contribution in [2.24, 2.45) is 5.41 Å². The van der Waals surface area contributed by atoms with Crippen molar-refractivity contribution in [1.82, 2.24) is 10.2 Å². The lowest BCUT2D eigenvalue weighted by Crippen LogP contribution is -2.65. The number of ether oxygens (including phenoxy) is 1. The molecule has 4 heteroatoms. The zero-order chi connectivity index (χ0) is 14.8. The molecule has 116 valence electrons. The van der Waals surface area contributed by atoms with Crippen LogP contribution in [0.4, 0.5) is 0 Å². The molecule has 1 amide bonds. The average molecular weight is 282 g/mol. The fourth-order valence-corrected chi connectivity index (χ4v) is 3.59. The molecule has 2 rings (SSSR count). The maximum absolute atomic E-state index is 12.4. The molecule has 4 unspecified atom stereocenters. The average Bonchev–Trinajstić information content (AvgIpc) is 2.98. The van der Waals surface area contributed by atoms with E-state index in [0.717, 1.165) is 45.4 Å². The van der Waals surface area contributed by atoms with Crippen molar-refractivity contribution in [3.8, 4) is 0 Å². The van der Waals surface area contributed by atoms with Crippen LogP contribution < -0.4 is 5.32 Å². The van der Waals surface area contributed by atoms with Gasteiger partial charge in [-0.05, 0) is 39.5 Å². The smallest absolute Gasteiger partial charge is 0.239 e. The highest BCUT2D eigenvalue weighted by Crippen LogP contribution is 2.46. The van der Waals surface area contributed by atoms with Crippen molar-refractivity contribution in [2.45, 2.75) is 71.6 Å². The van der Waals surface area contributed by atoms with Gasteiger partial charge in [0.25, 0.3) is 0 Å². The first-order valence-electron chi connectivity index (χ1n) is 8.19. The lowest BCUT2D eigenvalue weighted by Gasteiger charge is -2.54. The molecule has 0 radical (unpaired) electrons. The van der Waals surface area contributed by atoms with Crippen LogP contribution in [0.3, 0.4) is 0 Å². The Morgan fingerprint density at radius 3 is 2.60 bits per heavy atom. The normalized spacial score (nSPS) is 34.9. The van der Waals surface area contributed by atoms with Gasteiger partial charge >= 0.3 is 0 Å². The number of rotatable bonds is 6. The minimum Gasteiger partial charge on any atom is -0.378 e. The van der Waals surface area contributed by atoms with Crippen LogP contribution in [0.5, 0.6) is 0 Å². The molecule has 1 heterocycles. The fourth-order valence-electron chi connectivity index (χ4n) is 3.59. The summed E-state index contributed by atoms with van der Waals surface area (Å²) >= 11 is 0. The summed E-state index contributed by atoms with van der Waals surface area (Å²) in [6.07, 6.45) is 4.75. The van der Waals surface area contributed by atoms with Gasteiger partial charge in [0, 0.05) is 31.2 Å². The Hall–Kier alpha value is -0.610. The summed E-state index contributed by atoms with van der Waals surface area (Å²) < 4.78 is 5.82. The van der Waals surface area contributed by atoms with Gasteiger partial charge in [0.1, 0.15) is 0 Å². The second-order valence-electron chi connectivity index (χ2n) is 6.51. The van der Waals surface area contributed by atoms with E-state index in [0.29, 0.717) is 12.1 Å². The number of likely N-dealkylation sites (tertiary alicyclic amines) is 1. The second-order valence-corrected chi connectivity index (χ2v) is 6.51. The highest BCUT2D eigenvalue weighted by Gasteiger charge is 2.51. The van der Waals surface area contributed by atoms with Crippen LogP contribution in [0.25, 0.3) is 0 Å². The maximum atomic E-state index is 12.4. The first kappa shape index (κ1) is 15.8. The van der Waals surface area contributed by atoms with E-state index in [-0.39, 0.29) is 17.4 Å². The Morgan fingerprint density at radius 2 is 2.05 bits per heavy atom. The summed E-state index contributed by atoms with van der Waals surface area (Å²) in [6, 6.07) is 0.317. The number of hydrogen-bond acceptors (Lipinski definition) is 3. The van der Waals surface area contributed by atoms with Crippen molar-refractivity contribution >= 4 is 5.91 Å². The molecule has 1 aliphatic heterocycles. The summed E-state index contributed by atoms with van der Waals surface area (Å²) in [5.41, 5.74) is 0.162. The molecule has 4 nitrogen and oxygen atoms in total. The second kappa shape index (κ2) is 6.44. The molecule has 1 saturated heterocycles. The van der Waals surface area contributed by atoms with Crippen molar-refractivity contribution < 1.29 is 9.53 Å². The molecular formula is C16H30N2O2. The van der Waals surface area contributed by atoms with E-state index in [1.54, 1.807) is 0 Å². The molecule has 0 aromatic carbocycles. The van der Waals surface area contributed by atoms with Gasteiger partial charge in [-0.25, -0.2) is 0 Å². The minimum atomic E-state index is -0.0773. The van der Waals surface area contributed by atoms with E-state index in [4.69, 9.17) is 4.74 Å². The largest absolute Gasteiger partial charge is 0.378 e. The molecule has 4 atom stereocenters. The Morgan fingerprint density at radius 1 is 1.40 bits per heavy atom. The Bertz CT molecular complexity index is 341. The molecule has 0 bridgehead atoms. The van der Waals surface area contributed by atoms with Crippen molar-refractivity contribution in [3.05, 3.63) is 0 Å². The third-order valence-corrected chi connectivity index (χ3v) is 5.35. The molecule has 2 fully saturated rings. The summed E-state index contributed by atoms with van der Waals surface area (Å²) in [5, 5.41) is 3.55. The van der Waals surface area contributed by atoms with E-state index in [1.165, 1.54) is 0 Å². The molecule has 1 N–H and O–H groups in total. The topological polar surface area (TPSA) is 41.6 Å². The van der Waals surface area contributed by atoms with Crippen LogP contribution in [-0.2, 0) is 9.53 Å². The SMILES string of the molecule is CCOC1CC(NC(C)C(=O)N2CCCC2)C1(C)CC. The number of carbonyl (C=O) groups excluding carboxylic acids is 1. The van der Waals surface area contributed by atoms with Gasteiger partial charge in [0.05, 0.1) is 12.1 Å². The van der Waals surface area contributed by atoms with Gasteiger partial charge in [-0.1, -0.05) is 13.8 Å². The van der Waals surface area contributed by atoms with Crippen LogP contribution in [0.15, 0.2) is 0 Å². The van der Waals surface area contributed by atoms with Crippen molar-refractivity contribution in [2.75, 3.05) is 19.7 Å². The number of nitrogens with zero attached hydrogens (tertiary/aromatic N) is 1. The number of amides is 1. The van der Waals surface area contributed by atoms with Gasteiger partial charge in [0.2, 0.25) is 5.91 Å². The van der Waals surface area contributed by atoms with Crippen molar-refractivity contribution in [3.63, 3.8) is 0 Å². The summed E-state index contributed by atoms with van der Waals surface area (Å²) in [4.78, 5) is 14.4. The van der Waals surface area contributed by atoms with Crippen LogP contribution in [-0.4, -0.2) is 48.7 Å². The van der Waals surface area contributed by atoms with E-state index < -0.39 is 0 Å². The molecule has 0 aromatic rings. The molecular weight excluding hydrogens is 252 g/mol. The van der Waals surface area contributed by atoms with Gasteiger partial charge in [0.15, 0.2) is 0 Å². The Labute approximate surface area is 123 Å². The number of nitrogens with one attached hydrogen (secondary N) is 1. The highest BCUT2D eigenvalue weighted by atomic mass is 16.5. The van der Waals surface area contributed by atoms with E-state index >= 15 is 0 Å². The van der Waals surface area contributed by atoms with E-state index in [1.807, 2.05) is 11.8 Å². The van der Waals surface area contributed by atoms with E-state index in [2.05, 4.69) is 26.1 Å². The van der Waals surface area contributed by atoms with E-state index in [9.17, 15) is 4.79 Å². The van der Waals surface area contributed by atoms with Gasteiger partial charge in [-0.2, -0.15) is 0 Å². The number of carbonyl (C=O) groups is 1. The summed E-state index contributed by atoms with van der Waals surface area (Å²) in [7, 11) is 0. The predicted molar refractivity (Wildman–Crippen MR) is 80.6 cm³/mol. The molecule has 0 spiro atoms. The van der Waals surface area contributed by atoms with Gasteiger partial charge < -0.3 is 15.0 Å². The lowest BCUT2D eigenvalue weighted by atomic mass is 9.61. The van der Waals surface area contributed by atoms with Gasteiger partial charge in [-0.3, -0.25) is 4.79 Å². The highest BCUT2D eigenvalue weighted by molar-refractivity contribution is 5.81. The third kappa shape index (κ3) is 2.86. The van der Waals surface area contributed by atoms with Crippen LogP contribution in [0, 0.1) is 5.41 Å². The maximum Gasteiger partial charge on any atom is 0.239 e. The first-order chi connectivity index (χ1) is 9.52. The molecule has 0 aromatic heterocycles. The third-order valence-electron chi connectivity index (χ3n) is 5.35. The minimum absolute atomic E-state index is 0.0773. The first-order valence-corrected chi connectivity index (χ1v) is 8.19. The zero-order valence-electron chi connectivity index (χ0n) is 13.4. The fraction of sp³-hybridized carbons (Fsp3) is 0.938. The lowest BCUT2D eigenvalue weighted by molar-refractivity contribution is -0.141. The summed E-state index contributed by atoms with van der Waals surface area (Å²) in [5.74, 6) is 0.265. The van der Waals surface area contributed by atoms with Gasteiger partial charge in [-0.15, -0.1) is 0 Å². The Kier molecular flexibility index (Phi) is 5.08. The predicted octanol–water partition coefficient (Wildman–Crippen LogP) is 2.18. The molecule has 2 aliphatic rings. The summed E-state index contributed by atoms with van der Waals surface area (Å²) in [6.45, 7) is 11.2. The zero-order valence-corrected chi connectivity index (χ0v) is 13.4. The van der Waals surface area contributed by atoms with Crippen LogP contribution in [0.1, 0.15) is 53.4 Å². The van der Waals surface area contributed by atoms with Crippen LogP contribution >= 0.6 is 0 Å². The molecule has 1 aliphatic carbocycles. The van der Waals surface area contributed by atoms with Crippen molar-refractivity contribution in [1.29, 1.82) is 0 Å². The molecule has 20 heavy (non-hydrogen) atoms. The Balaban J connectivity index is 1.88. The van der Waals surface area contributed by atoms with Crippen LogP contribution in [0.2, 0.25) is 0 Å². The number of hydrogen-bond donors (Lipinski definition) is 1. The monoisotopic (exact) mass is 282 g/mol.